The largest absolute Gasteiger partial charge is 0.338 e. The van der Waals surface area contributed by atoms with Gasteiger partial charge in [0.05, 0.1) is 15.6 Å². The van der Waals surface area contributed by atoms with Gasteiger partial charge >= 0.3 is 0 Å². The maximum absolute atomic E-state index is 12.7. The molecule has 21 heavy (non-hydrogen) atoms. The van der Waals surface area contributed by atoms with Crippen molar-refractivity contribution in [2.75, 3.05) is 19.6 Å². The van der Waals surface area contributed by atoms with Gasteiger partial charge in [-0.3, -0.25) is 4.79 Å². The predicted octanol–water partition coefficient (Wildman–Crippen LogP) is 3.60. The lowest BCUT2D eigenvalue weighted by molar-refractivity contribution is 0.0651. The van der Waals surface area contributed by atoms with Gasteiger partial charge in [0.25, 0.3) is 5.91 Å². The van der Waals surface area contributed by atoms with Crippen molar-refractivity contribution >= 4 is 29.1 Å². The topological polar surface area (TPSA) is 32.3 Å². The third-order valence-electron chi connectivity index (χ3n) is 4.59. The summed E-state index contributed by atoms with van der Waals surface area (Å²) in [6, 6.07) is 5.77. The van der Waals surface area contributed by atoms with E-state index in [0.29, 0.717) is 27.6 Å². The van der Waals surface area contributed by atoms with Crippen LogP contribution in [0.4, 0.5) is 0 Å². The van der Waals surface area contributed by atoms with E-state index in [1.54, 1.807) is 18.2 Å². The molecule has 1 aromatic carbocycles. The normalized spacial score (nSPS) is 26.1. The number of hydrogen-bond donors (Lipinski definition) is 1. The maximum Gasteiger partial charge on any atom is 0.256 e. The highest BCUT2D eigenvalue weighted by atomic mass is 35.5. The van der Waals surface area contributed by atoms with Crippen LogP contribution < -0.4 is 5.32 Å². The van der Waals surface area contributed by atoms with Crippen LogP contribution in [0.5, 0.6) is 0 Å². The summed E-state index contributed by atoms with van der Waals surface area (Å²) in [5, 5.41) is 4.44. The Morgan fingerprint density at radius 1 is 1.19 bits per heavy atom. The van der Waals surface area contributed by atoms with E-state index in [1.165, 1.54) is 19.3 Å². The highest BCUT2D eigenvalue weighted by molar-refractivity contribution is 6.39. The number of amides is 1. The molecule has 3 nitrogen and oxygen atoms in total. The Bertz CT molecular complexity index is 509. The number of nitrogens with one attached hydrogen (secondary N) is 1. The molecule has 1 N–H and O–H groups in total. The van der Waals surface area contributed by atoms with Gasteiger partial charge in [-0.1, -0.05) is 29.3 Å². The second kappa shape index (κ2) is 6.55. The van der Waals surface area contributed by atoms with Gasteiger partial charge < -0.3 is 10.2 Å². The number of likely N-dealkylation sites (tertiary alicyclic amines) is 1. The van der Waals surface area contributed by atoms with Crippen molar-refractivity contribution in [3.8, 4) is 0 Å². The molecule has 114 valence electrons. The van der Waals surface area contributed by atoms with Crippen molar-refractivity contribution in [2.24, 2.45) is 5.92 Å². The second-order valence-corrected chi connectivity index (χ2v) is 6.77. The first kappa shape index (κ1) is 15.1. The zero-order chi connectivity index (χ0) is 14.8. The molecule has 5 heteroatoms. The van der Waals surface area contributed by atoms with Gasteiger partial charge in [-0.25, -0.2) is 0 Å². The summed E-state index contributed by atoms with van der Waals surface area (Å²) < 4.78 is 0. The molecule has 0 radical (unpaired) electrons. The molecular formula is C16H20Cl2N2O. The van der Waals surface area contributed by atoms with Crippen LogP contribution in [-0.4, -0.2) is 36.5 Å². The smallest absolute Gasteiger partial charge is 0.256 e. The predicted molar refractivity (Wildman–Crippen MR) is 86.1 cm³/mol. The molecule has 2 heterocycles. The van der Waals surface area contributed by atoms with Crippen LogP contribution in [-0.2, 0) is 0 Å². The third kappa shape index (κ3) is 3.20. The number of carbonyl (C=O) groups is 1. The molecule has 0 saturated carbocycles. The number of rotatable bonds is 2. The molecule has 0 spiro atoms. The minimum absolute atomic E-state index is 0.0340. The Hall–Kier alpha value is -0.770. The summed E-state index contributed by atoms with van der Waals surface area (Å²) in [5.74, 6) is 0.514. The van der Waals surface area contributed by atoms with Gasteiger partial charge in [-0.2, -0.15) is 0 Å². The number of halogens is 2. The Kier molecular flexibility index (Phi) is 4.72. The molecule has 2 aliphatic rings. The molecule has 2 atom stereocenters. The molecule has 1 amide bonds. The van der Waals surface area contributed by atoms with Crippen LogP contribution in [0.25, 0.3) is 0 Å². The van der Waals surface area contributed by atoms with Gasteiger partial charge in [-0.15, -0.1) is 0 Å². The lowest BCUT2D eigenvalue weighted by Gasteiger charge is -2.36. The minimum atomic E-state index is -0.0340. The summed E-state index contributed by atoms with van der Waals surface area (Å²) in [5.41, 5.74) is 0.445. The summed E-state index contributed by atoms with van der Waals surface area (Å²) in [4.78, 5) is 14.7. The monoisotopic (exact) mass is 326 g/mol. The number of benzene rings is 1. The van der Waals surface area contributed by atoms with Crippen molar-refractivity contribution in [3.05, 3.63) is 33.8 Å². The molecule has 0 aliphatic carbocycles. The first-order valence-electron chi connectivity index (χ1n) is 7.63. The fourth-order valence-corrected chi connectivity index (χ4v) is 4.06. The van der Waals surface area contributed by atoms with E-state index in [0.717, 1.165) is 26.1 Å². The fourth-order valence-electron chi connectivity index (χ4n) is 3.50. The first-order valence-corrected chi connectivity index (χ1v) is 8.39. The average Bonchev–Trinajstić information content (AvgIpc) is 3.01. The Morgan fingerprint density at radius 2 is 1.95 bits per heavy atom. The van der Waals surface area contributed by atoms with Crippen LogP contribution in [0.1, 0.15) is 36.0 Å². The lowest BCUT2D eigenvalue weighted by Crippen LogP contribution is -2.46. The molecular weight excluding hydrogens is 307 g/mol. The first-order chi connectivity index (χ1) is 10.2. The van der Waals surface area contributed by atoms with Gasteiger partial charge in [-0.05, 0) is 50.3 Å². The summed E-state index contributed by atoms with van der Waals surface area (Å²) in [6.07, 6.45) is 4.71. The number of hydrogen-bond acceptors (Lipinski definition) is 2. The van der Waals surface area contributed by atoms with Crippen LogP contribution >= 0.6 is 23.2 Å². The van der Waals surface area contributed by atoms with Crippen molar-refractivity contribution in [1.29, 1.82) is 0 Å². The van der Waals surface area contributed by atoms with Gasteiger partial charge in [0, 0.05) is 19.1 Å². The molecule has 2 aliphatic heterocycles. The zero-order valence-electron chi connectivity index (χ0n) is 11.9. The van der Waals surface area contributed by atoms with Crippen molar-refractivity contribution in [3.63, 3.8) is 0 Å². The van der Waals surface area contributed by atoms with Gasteiger partial charge in [0.2, 0.25) is 0 Å². The molecule has 3 rings (SSSR count). The van der Waals surface area contributed by atoms with E-state index in [2.05, 4.69) is 5.32 Å². The molecule has 1 aromatic rings. The fraction of sp³-hybridized carbons (Fsp3) is 0.562. The number of nitrogens with zero attached hydrogens (tertiary/aromatic N) is 1. The third-order valence-corrected chi connectivity index (χ3v) is 5.22. The number of piperidine rings is 1. The van der Waals surface area contributed by atoms with Gasteiger partial charge in [0.15, 0.2) is 0 Å². The van der Waals surface area contributed by atoms with Crippen LogP contribution in [0.2, 0.25) is 10.0 Å². The summed E-state index contributed by atoms with van der Waals surface area (Å²) in [7, 11) is 0. The number of carbonyl (C=O) groups excluding carboxylic acids is 1. The SMILES string of the molecule is O=C(c1c(Cl)cccc1Cl)N1CCCC(C2CCCN2)C1. The molecule has 0 aromatic heterocycles. The van der Waals surface area contributed by atoms with Gasteiger partial charge in [0.1, 0.15) is 0 Å². The average molecular weight is 327 g/mol. The van der Waals surface area contributed by atoms with Crippen LogP contribution in [0.15, 0.2) is 18.2 Å². The van der Waals surface area contributed by atoms with E-state index in [1.807, 2.05) is 4.90 Å². The van der Waals surface area contributed by atoms with Crippen molar-refractivity contribution < 1.29 is 4.79 Å². The Morgan fingerprint density at radius 3 is 2.62 bits per heavy atom. The summed E-state index contributed by atoms with van der Waals surface area (Å²) in [6.45, 7) is 2.70. The molecule has 0 bridgehead atoms. The highest BCUT2D eigenvalue weighted by Gasteiger charge is 2.32. The molecule has 2 unspecified atom stereocenters. The quantitative estimate of drug-likeness (QED) is 0.900. The van der Waals surface area contributed by atoms with Crippen molar-refractivity contribution in [1.82, 2.24) is 10.2 Å². The van der Waals surface area contributed by atoms with Crippen LogP contribution in [0, 0.1) is 5.92 Å². The molecule has 2 saturated heterocycles. The Labute approximate surface area is 135 Å². The van der Waals surface area contributed by atoms with E-state index >= 15 is 0 Å². The highest BCUT2D eigenvalue weighted by Crippen LogP contribution is 2.29. The summed E-state index contributed by atoms with van der Waals surface area (Å²) >= 11 is 12.3. The maximum atomic E-state index is 12.7. The van der Waals surface area contributed by atoms with Crippen molar-refractivity contribution in [2.45, 2.75) is 31.7 Å². The van der Waals surface area contributed by atoms with E-state index in [-0.39, 0.29) is 5.91 Å². The molecule has 2 fully saturated rings. The lowest BCUT2D eigenvalue weighted by atomic mass is 9.89. The van der Waals surface area contributed by atoms with E-state index < -0.39 is 0 Å². The second-order valence-electron chi connectivity index (χ2n) is 5.95. The van der Waals surface area contributed by atoms with E-state index in [4.69, 9.17) is 23.2 Å². The minimum Gasteiger partial charge on any atom is -0.338 e. The van der Waals surface area contributed by atoms with E-state index in [9.17, 15) is 4.79 Å². The Balaban J connectivity index is 1.75. The zero-order valence-corrected chi connectivity index (χ0v) is 13.5. The standard InChI is InChI=1S/C16H20Cl2N2O/c17-12-5-1-6-13(18)15(12)16(21)20-9-3-4-11(10-20)14-7-2-8-19-14/h1,5-6,11,14,19H,2-4,7-10H2. The van der Waals surface area contributed by atoms with Crippen LogP contribution in [0.3, 0.4) is 0 Å².